The summed E-state index contributed by atoms with van der Waals surface area (Å²) in [6, 6.07) is 7.08. The highest BCUT2D eigenvalue weighted by Crippen LogP contribution is 2.29. The van der Waals surface area contributed by atoms with Crippen LogP contribution in [0.5, 0.6) is 5.75 Å². The van der Waals surface area contributed by atoms with Gasteiger partial charge in [0.05, 0.1) is 6.61 Å². The lowest BCUT2D eigenvalue weighted by Gasteiger charge is -2.22. The first-order valence-corrected chi connectivity index (χ1v) is 3.97. The smallest absolute Gasteiger partial charge is 0.119 e. The zero-order chi connectivity index (χ0) is 9.19. The SMILES string of the molecule is CC(C)(CO)c1ccccc1O. The predicted molar refractivity (Wildman–Crippen MR) is 48.2 cm³/mol. The van der Waals surface area contributed by atoms with Crippen LogP contribution < -0.4 is 0 Å². The van der Waals surface area contributed by atoms with E-state index >= 15 is 0 Å². The van der Waals surface area contributed by atoms with Gasteiger partial charge in [0.2, 0.25) is 0 Å². The van der Waals surface area contributed by atoms with Crippen LogP contribution >= 0.6 is 0 Å². The lowest BCUT2D eigenvalue weighted by molar-refractivity contribution is 0.215. The summed E-state index contributed by atoms with van der Waals surface area (Å²) in [5.41, 5.74) is 0.415. The van der Waals surface area contributed by atoms with Gasteiger partial charge in [0.1, 0.15) is 5.75 Å². The van der Waals surface area contributed by atoms with Gasteiger partial charge in [-0.15, -0.1) is 0 Å². The summed E-state index contributed by atoms with van der Waals surface area (Å²) in [5.74, 6) is 0.247. The molecule has 12 heavy (non-hydrogen) atoms. The number of phenolic OH excluding ortho intramolecular Hbond substituents is 1. The van der Waals surface area contributed by atoms with Gasteiger partial charge in [0.25, 0.3) is 0 Å². The highest BCUT2D eigenvalue weighted by Gasteiger charge is 2.21. The highest BCUT2D eigenvalue weighted by atomic mass is 16.3. The van der Waals surface area contributed by atoms with E-state index in [0.717, 1.165) is 5.56 Å². The van der Waals surface area contributed by atoms with Crippen molar-refractivity contribution in [1.82, 2.24) is 0 Å². The van der Waals surface area contributed by atoms with Crippen molar-refractivity contribution in [3.05, 3.63) is 29.8 Å². The fourth-order valence-corrected chi connectivity index (χ4v) is 1.13. The maximum Gasteiger partial charge on any atom is 0.119 e. The lowest BCUT2D eigenvalue weighted by Crippen LogP contribution is -2.21. The molecule has 1 rings (SSSR count). The van der Waals surface area contributed by atoms with E-state index in [1.165, 1.54) is 0 Å². The van der Waals surface area contributed by atoms with Gasteiger partial charge in [-0.1, -0.05) is 32.0 Å². The number of hydrogen-bond donors (Lipinski definition) is 2. The lowest BCUT2D eigenvalue weighted by atomic mass is 9.85. The van der Waals surface area contributed by atoms with Crippen molar-refractivity contribution in [2.45, 2.75) is 19.3 Å². The van der Waals surface area contributed by atoms with Gasteiger partial charge < -0.3 is 10.2 Å². The Labute approximate surface area is 72.5 Å². The van der Waals surface area contributed by atoms with E-state index in [-0.39, 0.29) is 17.8 Å². The Balaban J connectivity index is 3.10. The Morgan fingerprint density at radius 3 is 2.33 bits per heavy atom. The molecule has 0 bridgehead atoms. The quantitative estimate of drug-likeness (QED) is 0.701. The molecule has 2 N–H and O–H groups in total. The average molecular weight is 166 g/mol. The third kappa shape index (κ3) is 1.59. The van der Waals surface area contributed by atoms with Gasteiger partial charge in [-0.3, -0.25) is 0 Å². The average Bonchev–Trinajstić information content (AvgIpc) is 2.05. The molecule has 0 aliphatic heterocycles. The third-order valence-corrected chi connectivity index (χ3v) is 2.03. The molecule has 0 unspecified atom stereocenters. The first-order valence-electron chi connectivity index (χ1n) is 3.97. The van der Waals surface area contributed by atoms with E-state index in [1.807, 2.05) is 26.0 Å². The van der Waals surface area contributed by atoms with E-state index in [9.17, 15) is 5.11 Å². The van der Waals surface area contributed by atoms with Crippen molar-refractivity contribution in [3.63, 3.8) is 0 Å². The summed E-state index contributed by atoms with van der Waals surface area (Å²) in [4.78, 5) is 0. The zero-order valence-corrected chi connectivity index (χ0v) is 7.41. The first kappa shape index (κ1) is 9.07. The Bertz CT molecular complexity index is 266. The molecule has 0 fully saturated rings. The summed E-state index contributed by atoms with van der Waals surface area (Å²) < 4.78 is 0. The van der Waals surface area contributed by atoms with Gasteiger partial charge in [0.15, 0.2) is 0 Å². The molecular weight excluding hydrogens is 152 g/mol. The number of aromatic hydroxyl groups is 1. The molecule has 0 aliphatic carbocycles. The van der Waals surface area contributed by atoms with Crippen LogP contribution in [0.2, 0.25) is 0 Å². The van der Waals surface area contributed by atoms with Crippen LogP contribution in [0.25, 0.3) is 0 Å². The maximum atomic E-state index is 9.47. The van der Waals surface area contributed by atoms with Gasteiger partial charge in [-0.05, 0) is 6.07 Å². The van der Waals surface area contributed by atoms with E-state index in [4.69, 9.17) is 5.11 Å². The molecule has 0 atom stereocenters. The van der Waals surface area contributed by atoms with Gasteiger partial charge in [0, 0.05) is 11.0 Å². The Kier molecular flexibility index (Phi) is 2.38. The number of benzene rings is 1. The van der Waals surface area contributed by atoms with E-state index in [0.29, 0.717) is 0 Å². The van der Waals surface area contributed by atoms with Gasteiger partial charge >= 0.3 is 0 Å². The Morgan fingerprint density at radius 2 is 1.83 bits per heavy atom. The van der Waals surface area contributed by atoms with Crippen LogP contribution in [0.4, 0.5) is 0 Å². The number of aliphatic hydroxyl groups excluding tert-OH is 1. The van der Waals surface area contributed by atoms with Crippen molar-refractivity contribution in [1.29, 1.82) is 0 Å². The minimum absolute atomic E-state index is 0.0323. The summed E-state index contributed by atoms with van der Waals surface area (Å²) in [6.45, 7) is 3.81. The molecule has 0 saturated heterocycles. The Hall–Kier alpha value is -1.02. The summed E-state index contributed by atoms with van der Waals surface area (Å²) in [5, 5.41) is 18.5. The van der Waals surface area contributed by atoms with Crippen molar-refractivity contribution in [3.8, 4) is 5.75 Å². The first-order chi connectivity index (χ1) is 5.58. The second-order valence-corrected chi connectivity index (χ2v) is 3.56. The molecule has 1 aromatic rings. The zero-order valence-electron chi connectivity index (χ0n) is 7.41. The summed E-state index contributed by atoms with van der Waals surface area (Å²) in [7, 11) is 0. The normalized spacial score (nSPS) is 11.6. The van der Waals surface area contributed by atoms with E-state index in [1.54, 1.807) is 12.1 Å². The molecule has 0 amide bonds. The van der Waals surface area contributed by atoms with Crippen molar-refractivity contribution < 1.29 is 10.2 Å². The van der Waals surface area contributed by atoms with Gasteiger partial charge in [-0.25, -0.2) is 0 Å². The molecule has 66 valence electrons. The van der Waals surface area contributed by atoms with Gasteiger partial charge in [-0.2, -0.15) is 0 Å². The molecule has 1 aromatic carbocycles. The second kappa shape index (κ2) is 3.15. The maximum absolute atomic E-state index is 9.47. The van der Waals surface area contributed by atoms with E-state index < -0.39 is 0 Å². The summed E-state index contributed by atoms with van der Waals surface area (Å²) >= 11 is 0. The molecule has 2 heteroatoms. The highest BCUT2D eigenvalue weighted by molar-refractivity contribution is 5.37. The standard InChI is InChI=1S/C10H14O2/c1-10(2,7-11)8-5-3-4-6-9(8)12/h3-6,11-12H,7H2,1-2H3. The molecule has 2 nitrogen and oxygen atoms in total. The topological polar surface area (TPSA) is 40.5 Å². The number of para-hydroxylation sites is 1. The van der Waals surface area contributed by atoms with E-state index in [2.05, 4.69) is 0 Å². The minimum Gasteiger partial charge on any atom is -0.508 e. The number of aliphatic hydroxyl groups is 1. The van der Waals surface area contributed by atoms with Crippen LogP contribution in [0.1, 0.15) is 19.4 Å². The largest absolute Gasteiger partial charge is 0.508 e. The molecule has 0 heterocycles. The van der Waals surface area contributed by atoms with Crippen LogP contribution in [-0.4, -0.2) is 16.8 Å². The van der Waals surface area contributed by atoms with Crippen LogP contribution in [0, 0.1) is 0 Å². The van der Waals surface area contributed by atoms with Crippen LogP contribution in [-0.2, 0) is 5.41 Å². The fraction of sp³-hybridized carbons (Fsp3) is 0.400. The third-order valence-electron chi connectivity index (χ3n) is 2.03. The predicted octanol–water partition coefficient (Wildman–Crippen LogP) is 1.66. The molecule has 0 radical (unpaired) electrons. The molecule has 0 aromatic heterocycles. The monoisotopic (exact) mass is 166 g/mol. The minimum atomic E-state index is -0.370. The van der Waals surface area contributed by atoms with Crippen molar-refractivity contribution in [2.24, 2.45) is 0 Å². The number of rotatable bonds is 2. The second-order valence-electron chi connectivity index (χ2n) is 3.56. The number of phenols is 1. The fourth-order valence-electron chi connectivity index (χ4n) is 1.13. The number of hydrogen-bond acceptors (Lipinski definition) is 2. The van der Waals surface area contributed by atoms with Crippen molar-refractivity contribution in [2.75, 3.05) is 6.61 Å². The van der Waals surface area contributed by atoms with Crippen molar-refractivity contribution >= 4 is 0 Å². The Morgan fingerprint density at radius 1 is 1.25 bits per heavy atom. The van der Waals surface area contributed by atoms with Crippen LogP contribution in [0.3, 0.4) is 0 Å². The molecular formula is C10H14O2. The van der Waals surface area contributed by atoms with Crippen LogP contribution in [0.15, 0.2) is 24.3 Å². The molecule has 0 saturated carbocycles. The molecule has 0 aliphatic rings. The summed E-state index contributed by atoms with van der Waals surface area (Å²) in [6.07, 6.45) is 0. The molecule has 0 spiro atoms.